The fourth-order valence-corrected chi connectivity index (χ4v) is 4.22. The third-order valence-corrected chi connectivity index (χ3v) is 6.27. The van der Waals surface area contributed by atoms with Crippen LogP contribution in [0, 0.1) is 0 Å². The molecule has 0 unspecified atom stereocenters. The lowest BCUT2D eigenvalue weighted by Gasteiger charge is -2.18. The van der Waals surface area contributed by atoms with Crippen molar-refractivity contribution in [3.8, 4) is 17.1 Å². The SMILES string of the molecule is CC[n+]1c(SCC(=O)NN=Cc2cc(Br)ccc2[O-])n[nH]c1-c1ccc(C(C)(C)C)cc1. The Morgan fingerprint density at radius 1 is 1.28 bits per heavy atom. The summed E-state index contributed by atoms with van der Waals surface area (Å²) in [7, 11) is 0. The van der Waals surface area contributed by atoms with Gasteiger partial charge in [-0.1, -0.05) is 60.6 Å². The maximum atomic E-state index is 12.2. The standard InChI is InChI=1S/C23H26BrN5O2S/c1-5-29-21(15-6-8-17(9-7-15)23(2,3)4)27-28-22(29)32-14-20(31)26-25-13-16-12-18(24)10-11-19(16)30/h6-13H,5,14H2,1-4H3,(H2,25,26,30,31). The minimum absolute atomic E-state index is 0.0936. The zero-order valence-electron chi connectivity index (χ0n) is 18.5. The molecule has 0 saturated carbocycles. The molecule has 1 aromatic heterocycles. The number of nitrogens with zero attached hydrogens (tertiary/aromatic N) is 3. The van der Waals surface area contributed by atoms with Crippen LogP contribution in [0.25, 0.3) is 11.4 Å². The lowest BCUT2D eigenvalue weighted by molar-refractivity contribution is -0.719. The number of benzene rings is 2. The second-order valence-corrected chi connectivity index (χ2v) is 10.0. The van der Waals surface area contributed by atoms with Crippen LogP contribution < -0.4 is 15.1 Å². The van der Waals surface area contributed by atoms with Crippen LogP contribution in [0.5, 0.6) is 5.75 Å². The van der Waals surface area contributed by atoms with Crippen LogP contribution in [0.2, 0.25) is 0 Å². The molecule has 168 valence electrons. The van der Waals surface area contributed by atoms with E-state index in [1.54, 1.807) is 12.1 Å². The van der Waals surface area contributed by atoms with Gasteiger partial charge in [0.15, 0.2) is 0 Å². The number of amides is 1. The number of hydrogen-bond donors (Lipinski definition) is 2. The molecule has 1 heterocycles. The van der Waals surface area contributed by atoms with Crippen LogP contribution in [0.15, 0.2) is 57.2 Å². The zero-order chi connectivity index (χ0) is 23.3. The maximum absolute atomic E-state index is 12.2. The summed E-state index contributed by atoms with van der Waals surface area (Å²) < 4.78 is 2.81. The lowest BCUT2D eigenvalue weighted by Crippen LogP contribution is -2.36. The van der Waals surface area contributed by atoms with Crippen molar-refractivity contribution >= 4 is 39.8 Å². The average Bonchev–Trinajstić information content (AvgIpc) is 3.17. The predicted octanol–water partition coefficient (Wildman–Crippen LogP) is 3.76. The zero-order valence-corrected chi connectivity index (χ0v) is 20.9. The number of carbonyl (C=O) groups is 1. The quantitative estimate of drug-likeness (QED) is 0.216. The van der Waals surface area contributed by atoms with Crippen LogP contribution in [0.1, 0.15) is 38.8 Å². The molecule has 3 aromatic rings. The van der Waals surface area contributed by atoms with E-state index in [4.69, 9.17) is 0 Å². The summed E-state index contributed by atoms with van der Waals surface area (Å²) in [4.78, 5) is 12.2. The predicted molar refractivity (Wildman–Crippen MR) is 129 cm³/mol. The summed E-state index contributed by atoms with van der Waals surface area (Å²) in [6.45, 7) is 9.31. The monoisotopic (exact) mass is 515 g/mol. The summed E-state index contributed by atoms with van der Waals surface area (Å²) in [5, 5.41) is 23.9. The fraction of sp³-hybridized carbons (Fsp3) is 0.304. The lowest BCUT2D eigenvalue weighted by atomic mass is 9.87. The van der Waals surface area contributed by atoms with Gasteiger partial charge in [0.2, 0.25) is 0 Å². The molecular formula is C23H26BrN5O2S. The smallest absolute Gasteiger partial charge is 0.337 e. The molecule has 0 saturated heterocycles. The number of H-pyrrole nitrogens is 1. The average molecular weight is 516 g/mol. The number of hydrazone groups is 1. The van der Waals surface area contributed by atoms with Crippen molar-refractivity contribution in [1.82, 2.24) is 15.6 Å². The second kappa shape index (κ2) is 10.3. The third kappa shape index (κ3) is 5.98. The first-order valence-corrected chi connectivity index (χ1v) is 12.0. The summed E-state index contributed by atoms with van der Waals surface area (Å²) in [5.41, 5.74) is 5.24. The molecular weight excluding hydrogens is 490 g/mol. The largest absolute Gasteiger partial charge is 0.872 e. The number of thioether (sulfide) groups is 1. The van der Waals surface area contributed by atoms with E-state index < -0.39 is 0 Å². The number of aromatic amines is 1. The van der Waals surface area contributed by atoms with Gasteiger partial charge >= 0.3 is 5.16 Å². The van der Waals surface area contributed by atoms with Crippen molar-refractivity contribution in [3.63, 3.8) is 0 Å². The van der Waals surface area contributed by atoms with E-state index in [1.165, 1.54) is 29.6 Å². The molecule has 0 aliphatic rings. The highest BCUT2D eigenvalue weighted by Gasteiger charge is 2.22. The molecule has 0 atom stereocenters. The van der Waals surface area contributed by atoms with Gasteiger partial charge in [0.05, 0.1) is 29.2 Å². The van der Waals surface area contributed by atoms with Crippen LogP contribution in [0.3, 0.4) is 0 Å². The number of carbonyl (C=O) groups excluding carboxylic acids is 1. The molecule has 0 fully saturated rings. The van der Waals surface area contributed by atoms with Gasteiger partial charge in [0.1, 0.15) is 0 Å². The molecule has 32 heavy (non-hydrogen) atoms. The van der Waals surface area contributed by atoms with Crippen LogP contribution in [-0.2, 0) is 16.8 Å². The number of aromatic nitrogens is 3. The number of nitrogens with one attached hydrogen (secondary N) is 2. The van der Waals surface area contributed by atoms with Gasteiger partial charge in [-0.2, -0.15) is 5.10 Å². The Balaban J connectivity index is 1.63. The highest BCUT2D eigenvalue weighted by Crippen LogP contribution is 2.25. The van der Waals surface area contributed by atoms with Gasteiger partial charge in [0, 0.05) is 4.47 Å². The van der Waals surface area contributed by atoms with Gasteiger partial charge in [-0.05, 0) is 59.5 Å². The minimum Gasteiger partial charge on any atom is -0.872 e. The highest BCUT2D eigenvalue weighted by atomic mass is 79.9. The molecule has 2 N–H and O–H groups in total. The molecule has 0 aliphatic carbocycles. The Hall–Kier alpha value is -2.65. The Kier molecular flexibility index (Phi) is 7.73. The van der Waals surface area contributed by atoms with Gasteiger partial charge in [-0.15, -0.1) is 5.10 Å². The first-order valence-electron chi connectivity index (χ1n) is 10.2. The highest BCUT2D eigenvalue weighted by molar-refractivity contribution is 9.10. The molecule has 7 nitrogen and oxygen atoms in total. The van der Waals surface area contributed by atoms with E-state index in [2.05, 4.69) is 81.7 Å². The van der Waals surface area contributed by atoms with Gasteiger partial charge in [-0.25, -0.2) is 9.99 Å². The van der Waals surface area contributed by atoms with E-state index in [0.29, 0.717) is 12.1 Å². The van der Waals surface area contributed by atoms with Crippen molar-refractivity contribution in [3.05, 3.63) is 58.1 Å². The van der Waals surface area contributed by atoms with Gasteiger partial charge < -0.3 is 5.11 Å². The first-order chi connectivity index (χ1) is 15.2. The molecule has 0 spiro atoms. The molecule has 1 amide bonds. The van der Waals surface area contributed by atoms with Crippen molar-refractivity contribution in [2.24, 2.45) is 5.10 Å². The summed E-state index contributed by atoms with van der Waals surface area (Å²) in [6, 6.07) is 13.2. The summed E-state index contributed by atoms with van der Waals surface area (Å²) in [6.07, 6.45) is 1.34. The Morgan fingerprint density at radius 3 is 2.66 bits per heavy atom. The fourth-order valence-electron chi connectivity index (χ4n) is 3.03. The Bertz CT molecular complexity index is 1120. The Labute approximate surface area is 200 Å². The van der Waals surface area contributed by atoms with Gasteiger partial charge in [-0.3, -0.25) is 4.79 Å². The van der Waals surface area contributed by atoms with Crippen LogP contribution >= 0.6 is 27.7 Å². The van der Waals surface area contributed by atoms with E-state index >= 15 is 0 Å². The molecule has 0 radical (unpaired) electrons. The molecule has 2 aromatic carbocycles. The van der Waals surface area contributed by atoms with Crippen molar-refractivity contribution < 1.29 is 14.5 Å². The van der Waals surface area contributed by atoms with Crippen molar-refractivity contribution in [2.45, 2.75) is 44.8 Å². The van der Waals surface area contributed by atoms with Crippen molar-refractivity contribution in [1.29, 1.82) is 0 Å². The number of rotatable bonds is 7. The molecule has 9 heteroatoms. The first kappa shape index (κ1) is 24.0. The Morgan fingerprint density at radius 2 is 2.00 bits per heavy atom. The second-order valence-electron chi connectivity index (χ2n) is 8.19. The topological polar surface area (TPSA) is 97.1 Å². The van der Waals surface area contributed by atoms with Crippen LogP contribution in [0.4, 0.5) is 0 Å². The van der Waals surface area contributed by atoms with E-state index in [-0.39, 0.29) is 22.8 Å². The molecule has 0 bridgehead atoms. The third-order valence-electron chi connectivity index (χ3n) is 4.80. The van der Waals surface area contributed by atoms with E-state index in [0.717, 1.165) is 21.0 Å². The molecule has 3 rings (SSSR count). The number of halogens is 1. The van der Waals surface area contributed by atoms with Crippen molar-refractivity contribution in [2.75, 3.05) is 5.75 Å². The minimum atomic E-state index is -0.282. The molecule has 0 aliphatic heterocycles. The van der Waals surface area contributed by atoms with Gasteiger partial charge in [0.25, 0.3) is 11.7 Å². The number of hydrogen-bond acceptors (Lipinski definition) is 5. The summed E-state index contributed by atoms with van der Waals surface area (Å²) >= 11 is 4.63. The maximum Gasteiger partial charge on any atom is 0.337 e. The van der Waals surface area contributed by atoms with E-state index in [1.807, 2.05) is 11.5 Å². The van der Waals surface area contributed by atoms with E-state index in [9.17, 15) is 9.90 Å². The van der Waals surface area contributed by atoms with Crippen LogP contribution in [-0.4, -0.2) is 28.1 Å². The summed E-state index contributed by atoms with van der Waals surface area (Å²) in [5.74, 6) is 0.596. The normalized spacial score (nSPS) is 11.8.